The Balaban J connectivity index is 1.70. The van der Waals surface area contributed by atoms with Crippen molar-refractivity contribution in [2.24, 2.45) is 0 Å². The summed E-state index contributed by atoms with van der Waals surface area (Å²) >= 11 is 0. The molecule has 3 rings (SSSR count). The van der Waals surface area contributed by atoms with E-state index < -0.39 is 6.04 Å². The summed E-state index contributed by atoms with van der Waals surface area (Å²) < 4.78 is 4.57. The fourth-order valence-electron chi connectivity index (χ4n) is 3.06. The van der Waals surface area contributed by atoms with Gasteiger partial charge in [0.15, 0.2) is 0 Å². The molecule has 0 aromatic heterocycles. The van der Waals surface area contributed by atoms with E-state index in [1.54, 1.807) is 4.90 Å². The number of benzene rings is 1. The van der Waals surface area contributed by atoms with Crippen LogP contribution in [0, 0.1) is 0 Å². The lowest BCUT2D eigenvalue weighted by atomic mass is 9.95. The number of nitrogens with zero attached hydrogens (tertiary/aromatic N) is 2. The molecule has 1 unspecified atom stereocenters. The van der Waals surface area contributed by atoms with Crippen LogP contribution in [-0.2, 0) is 27.3 Å². The quantitative estimate of drug-likeness (QED) is 0.621. The number of hydrogen-bond acceptors (Lipinski definition) is 4. The second-order valence-electron chi connectivity index (χ2n) is 5.57. The van der Waals surface area contributed by atoms with Gasteiger partial charge in [0.2, 0.25) is 0 Å². The second kappa shape index (κ2) is 5.79. The van der Waals surface area contributed by atoms with Crippen molar-refractivity contribution in [1.82, 2.24) is 9.80 Å². The number of carbonyl (C=O) groups is 3. The summed E-state index contributed by atoms with van der Waals surface area (Å²) in [7, 11) is 1.33. The van der Waals surface area contributed by atoms with Crippen molar-refractivity contribution in [3.8, 4) is 0 Å². The lowest BCUT2D eigenvalue weighted by molar-refractivity contribution is -0.141. The third-order valence-corrected chi connectivity index (χ3v) is 4.27. The highest BCUT2D eigenvalue weighted by molar-refractivity contribution is 6.04. The summed E-state index contributed by atoms with van der Waals surface area (Å²) in [5.41, 5.74) is 2.22. The summed E-state index contributed by atoms with van der Waals surface area (Å²) in [6.07, 6.45) is 1.20. The zero-order valence-corrected chi connectivity index (χ0v) is 12.4. The molecule has 1 atom stereocenters. The van der Waals surface area contributed by atoms with Gasteiger partial charge in [-0.05, 0) is 17.5 Å². The van der Waals surface area contributed by atoms with Gasteiger partial charge in [0.1, 0.15) is 6.04 Å². The van der Waals surface area contributed by atoms with E-state index in [9.17, 15) is 14.4 Å². The van der Waals surface area contributed by atoms with E-state index in [2.05, 4.69) is 4.74 Å². The fraction of sp³-hybridized carbons (Fsp3) is 0.438. The van der Waals surface area contributed by atoms with Crippen molar-refractivity contribution >= 4 is 17.9 Å². The molecule has 0 saturated carbocycles. The lowest BCUT2D eigenvalue weighted by Gasteiger charge is -2.28. The van der Waals surface area contributed by atoms with Gasteiger partial charge in [-0.1, -0.05) is 24.3 Å². The van der Waals surface area contributed by atoms with Crippen LogP contribution in [0.15, 0.2) is 24.3 Å². The molecule has 116 valence electrons. The topological polar surface area (TPSA) is 66.9 Å². The van der Waals surface area contributed by atoms with Gasteiger partial charge in [-0.2, -0.15) is 0 Å². The molecule has 1 fully saturated rings. The minimum Gasteiger partial charge on any atom is -0.469 e. The van der Waals surface area contributed by atoms with E-state index in [1.165, 1.54) is 12.0 Å². The number of ether oxygens (including phenoxy) is 1. The molecule has 3 amide bonds. The molecule has 0 N–H and O–H groups in total. The Kier molecular flexibility index (Phi) is 3.83. The van der Waals surface area contributed by atoms with E-state index in [1.807, 2.05) is 24.3 Å². The molecular weight excluding hydrogens is 284 g/mol. The average Bonchev–Trinajstić information content (AvgIpc) is 2.77. The molecule has 2 aliphatic rings. The molecule has 22 heavy (non-hydrogen) atoms. The lowest BCUT2D eigenvalue weighted by Crippen LogP contribution is -2.39. The Morgan fingerprint density at radius 1 is 1.27 bits per heavy atom. The van der Waals surface area contributed by atoms with Crippen LogP contribution >= 0.6 is 0 Å². The Labute approximate surface area is 128 Å². The molecule has 2 heterocycles. The van der Waals surface area contributed by atoms with Crippen LogP contribution in [0.2, 0.25) is 0 Å². The normalized spacial score (nSPS) is 20.0. The van der Waals surface area contributed by atoms with Gasteiger partial charge >= 0.3 is 12.0 Å². The zero-order valence-electron chi connectivity index (χ0n) is 12.4. The number of methoxy groups -OCH3 is 1. The summed E-state index contributed by atoms with van der Waals surface area (Å²) in [4.78, 5) is 38.9. The van der Waals surface area contributed by atoms with Gasteiger partial charge in [0.05, 0.1) is 7.11 Å². The highest BCUT2D eigenvalue weighted by atomic mass is 16.5. The summed E-state index contributed by atoms with van der Waals surface area (Å²) in [6, 6.07) is 7.22. The Morgan fingerprint density at radius 3 is 2.73 bits per heavy atom. The van der Waals surface area contributed by atoms with Crippen molar-refractivity contribution < 1.29 is 19.1 Å². The smallest absolute Gasteiger partial charge is 0.327 e. The predicted octanol–water partition coefficient (Wildman–Crippen LogP) is 1.33. The summed E-state index contributed by atoms with van der Waals surface area (Å²) in [5, 5.41) is 0. The van der Waals surface area contributed by atoms with Gasteiger partial charge in [-0.15, -0.1) is 0 Å². The molecule has 0 spiro atoms. The maximum atomic E-state index is 12.5. The first-order chi connectivity index (χ1) is 10.6. The minimum atomic E-state index is -0.402. The van der Waals surface area contributed by atoms with Gasteiger partial charge in [-0.25, -0.2) is 4.79 Å². The van der Waals surface area contributed by atoms with Crippen LogP contribution in [0.1, 0.15) is 24.0 Å². The number of urea groups is 1. The minimum absolute atomic E-state index is 0.163. The third kappa shape index (κ3) is 2.45. The van der Waals surface area contributed by atoms with Crippen LogP contribution < -0.4 is 0 Å². The maximum absolute atomic E-state index is 12.5. The van der Waals surface area contributed by atoms with Gasteiger partial charge < -0.3 is 9.64 Å². The number of esters is 1. The number of amides is 3. The molecule has 6 heteroatoms. The van der Waals surface area contributed by atoms with E-state index in [-0.39, 0.29) is 30.9 Å². The van der Waals surface area contributed by atoms with Gasteiger partial charge in [0.25, 0.3) is 5.91 Å². The van der Waals surface area contributed by atoms with Crippen molar-refractivity contribution in [1.29, 1.82) is 0 Å². The monoisotopic (exact) mass is 302 g/mol. The molecule has 1 saturated heterocycles. The first-order valence-electron chi connectivity index (χ1n) is 7.37. The number of imide groups is 1. The molecule has 0 bridgehead atoms. The van der Waals surface area contributed by atoms with Crippen molar-refractivity contribution in [2.75, 3.05) is 13.7 Å². The number of carbonyl (C=O) groups excluding carboxylic acids is 3. The standard InChI is InChI=1S/C16H18N2O4/c1-22-14(19)7-4-8-17-15(20)13-9-11-5-2-3-6-12(11)10-18(13)16(17)21/h2-3,5-6,13H,4,7-10H2,1H3. The van der Waals surface area contributed by atoms with E-state index in [4.69, 9.17) is 0 Å². The maximum Gasteiger partial charge on any atom is 0.327 e. The fourth-order valence-corrected chi connectivity index (χ4v) is 3.06. The predicted molar refractivity (Wildman–Crippen MR) is 77.8 cm³/mol. The van der Waals surface area contributed by atoms with E-state index in [0.29, 0.717) is 19.4 Å². The summed E-state index contributed by atoms with van der Waals surface area (Å²) in [5.74, 6) is -0.492. The van der Waals surface area contributed by atoms with E-state index >= 15 is 0 Å². The Morgan fingerprint density at radius 2 is 2.00 bits per heavy atom. The molecule has 6 nitrogen and oxygen atoms in total. The van der Waals surface area contributed by atoms with Crippen LogP contribution in [0.4, 0.5) is 4.79 Å². The molecule has 0 radical (unpaired) electrons. The van der Waals surface area contributed by atoms with Crippen molar-refractivity contribution in [3.05, 3.63) is 35.4 Å². The first-order valence-corrected chi connectivity index (χ1v) is 7.37. The van der Waals surface area contributed by atoms with Crippen molar-refractivity contribution in [2.45, 2.75) is 31.8 Å². The first kappa shape index (κ1) is 14.6. The van der Waals surface area contributed by atoms with Crippen LogP contribution in [0.25, 0.3) is 0 Å². The highest BCUT2D eigenvalue weighted by Crippen LogP contribution is 2.30. The second-order valence-corrected chi connectivity index (χ2v) is 5.57. The third-order valence-electron chi connectivity index (χ3n) is 4.27. The number of rotatable bonds is 4. The highest BCUT2D eigenvalue weighted by Gasteiger charge is 2.46. The molecule has 0 aliphatic carbocycles. The number of fused-ring (bicyclic) bond motifs is 2. The largest absolute Gasteiger partial charge is 0.469 e. The van der Waals surface area contributed by atoms with Gasteiger partial charge in [0, 0.05) is 25.9 Å². The Bertz CT molecular complexity index is 585. The van der Waals surface area contributed by atoms with Crippen LogP contribution in [0.5, 0.6) is 0 Å². The van der Waals surface area contributed by atoms with E-state index in [0.717, 1.165) is 11.1 Å². The SMILES string of the molecule is COC(=O)CCCN1C(=O)C2Cc3ccccc3CN2C1=O. The van der Waals surface area contributed by atoms with Gasteiger partial charge in [-0.3, -0.25) is 14.5 Å². The Hall–Kier alpha value is -2.37. The summed E-state index contributed by atoms with van der Waals surface area (Å²) in [6.45, 7) is 0.731. The van der Waals surface area contributed by atoms with Crippen LogP contribution in [0.3, 0.4) is 0 Å². The molecule has 1 aromatic rings. The van der Waals surface area contributed by atoms with Crippen molar-refractivity contribution in [3.63, 3.8) is 0 Å². The zero-order chi connectivity index (χ0) is 15.7. The molecular formula is C16H18N2O4. The number of hydrogen-bond donors (Lipinski definition) is 0. The average molecular weight is 302 g/mol. The molecule has 2 aliphatic heterocycles. The van der Waals surface area contributed by atoms with Crippen LogP contribution in [-0.4, -0.2) is 47.4 Å². The molecule has 1 aromatic carbocycles.